The minimum atomic E-state index is -0.768. The molecule has 2 heterocycles. The number of carbonyl (C=O) groups is 2. The first-order valence-electron chi connectivity index (χ1n) is 6.56. The highest BCUT2D eigenvalue weighted by atomic mass is 16.4. The Hall–Kier alpha value is -1.14. The van der Waals surface area contributed by atoms with Crippen LogP contribution in [-0.2, 0) is 9.59 Å². The molecular weight excluding hydrogens is 236 g/mol. The number of piperidine rings is 2. The fourth-order valence-electron chi connectivity index (χ4n) is 2.88. The third-order valence-corrected chi connectivity index (χ3v) is 3.94. The molecule has 2 fully saturated rings. The zero-order valence-electron chi connectivity index (χ0n) is 10.4. The predicted molar refractivity (Wildman–Crippen MR) is 63.9 cm³/mol. The number of rotatable bonds is 3. The molecule has 102 valence electrons. The minimum Gasteiger partial charge on any atom is -0.481 e. The third kappa shape index (κ3) is 2.81. The average Bonchev–Trinajstić information content (AvgIpc) is 2.39. The van der Waals surface area contributed by atoms with Gasteiger partial charge in [0.15, 0.2) is 0 Å². The molecule has 0 bridgehead atoms. The van der Waals surface area contributed by atoms with Gasteiger partial charge in [-0.2, -0.15) is 0 Å². The molecule has 2 saturated heterocycles. The first-order chi connectivity index (χ1) is 8.59. The van der Waals surface area contributed by atoms with Gasteiger partial charge >= 0.3 is 11.9 Å². The van der Waals surface area contributed by atoms with E-state index in [9.17, 15) is 14.7 Å². The Labute approximate surface area is 106 Å². The van der Waals surface area contributed by atoms with E-state index >= 15 is 0 Å². The van der Waals surface area contributed by atoms with Crippen LogP contribution in [0.25, 0.3) is 0 Å². The standard InChI is InChI=1S/C12H20N2O4/c15-11(16)9-4-7-13(8-5-9)14-6-2-1-3-10(14)12(17)18/h9-10H,1-8H2,(H,15,16)(H,17,18). The smallest absolute Gasteiger partial charge is 0.322 e. The molecule has 2 aliphatic rings. The summed E-state index contributed by atoms with van der Waals surface area (Å²) in [6.45, 7) is 2.08. The summed E-state index contributed by atoms with van der Waals surface area (Å²) in [4.78, 5) is 22.1. The molecule has 0 aliphatic carbocycles. The fourth-order valence-corrected chi connectivity index (χ4v) is 2.88. The van der Waals surface area contributed by atoms with Crippen LogP contribution in [0.4, 0.5) is 0 Å². The Kier molecular flexibility index (Phi) is 4.19. The van der Waals surface area contributed by atoms with Crippen molar-refractivity contribution in [1.82, 2.24) is 10.0 Å². The van der Waals surface area contributed by atoms with Crippen LogP contribution < -0.4 is 0 Å². The third-order valence-electron chi connectivity index (χ3n) is 3.94. The van der Waals surface area contributed by atoms with E-state index in [0.29, 0.717) is 32.4 Å². The molecule has 0 aromatic heterocycles. The van der Waals surface area contributed by atoms with Gasteiger partial charge in [-0.1, -0.05) is 0 Å². The summed E-state index contributed by atoms with van der Waals surface area (Å²) >= 11 is 0. The van der Waals surface area contributed by atoms with Crippen molar-refractivity contribution in [3.63, 3.8) is 0 Å². The summed E-state index contributed by atoms with van der Waals surface area (Å²) in [6.07, 6.45) is 3.88. The lowest BCUT2D eigenvalue weighted by atomic mass is 9.97. The summed E-state index contributed by atoms with van der Waals surface area (Å²) in [6, 6.07) is -0.430. The van der Waals surface area contributed by atoms with Crippen molar-refractivity contribution in [3.05, 3.63) is 0 Å². The van der Waals surface area contributed by atoms with Crippen molar-refractivity contribution in [3.8, 4) is 0 Å². The molecule has 18 heavy (non-hydrogen) atoms. The number of aliphatic carboxylic acids is 2. The van der Waals surface area contributed by atoms with Gasteiger partial charge < -0.3 is 10.2 Å². The maximum Gasteiger partial charge on any atom is 0.322 e. The maximum absolute atomic E-state index is 11.2. The van der Waals surface area contributed by atoms with Gasteiger partial charge in [0.25, 0.3) is 0 Å². The normalized spacial score (nSPS) is 28.1. The van der Waals surface area contributed by atoms with Gasteiger partial charge in [-0.15, -0.1) is 0 Å². The molecule has 1 atom stereocenters. The summed E-state index contributed by atoms with van der Waals surface area (Å²) in [5, 5.41) is 22.1. The van der Waals surface area contributed by atoms with E-state index in [2.05, 4.69) is 0 Å². The van der Waals surface area contributed by atoms with Crippen LogP contribution in [0.3, 0.4) is 0 Å². The number of hydrogen-bond acceptors (Lipinski definition) is 4. The van der Waals surface area contributed by atoms with E-state index in [4.69, 9.17) is 5.11 Å². The molecule has 2 aliphatic heterocycles. The zero-order valence-corrected chi connectivity index (χ0v) is 10.4. The van der Waals surface area contributed by atoms with Crippen molar-refractivity contribution < 1.29 is 19.8 Å². The maximum atomic E-state index is 11.2. The molecule has 0 aromatic carbocycles. The summed E-state index contributed by atoms with van der Waals surface area (Å²) in [5.74, 6) is -1.77. The quantitative estimate of drug-likeness (QED) is 0.771. The van der Waals surface area contributed by atoms with Crippen molar-refractivity contribution >= 4 is 11.9 Å². The highest BCUT2D eigenvalue weighted by Crippen LogP contribution is 2.24. The Balaban J connectivity index is 1.94. The van der Waals surface area contributed by atoms with Crippen molar-refractivity contribution in [2.45, 2.75) is 38.1 Å². The highest BCUT2D eigenvalue weighted by Gasteiger charge is 2.35. The lowest BCUT2D eigenvalue weighted by Gasteiger charge is -2.43. The van der Waals surface area contributed by atoms with Crippen LogP contribution in [0.15, 0.2) is 0 Å². The summed E-state index contributed by atoms with van der Waals surface area (Å²) in [5.41, 5.74) is 0. The van der Waals surface area contributed by atoms with E-state index < -0.39 is 18.0 Å². The largest absolute Gasteiger partial charge is 0.481 e. The Bertz CT molecular complexity index is 326. The van der Waals surface area contributed by atoms with Crippen LogP contribution in [0.2, 0.25) is 0 Å². The topological polar surface area (TPSA) is 81.1 Å². The molecule has 1 unspecified atom stereocenters. The van der Waals surface area contributed by atoms with E-state index in [0.717, 1.165) is 19.4 Å². The number of hydrazine groups is 1. The van der Waals surface area contributed by atoms with E-state index in [1.165, 1.54) is 0 Å². The van der Waals surface area contributed by atoms with E-state index in [1.54, 1.807) is 0 Å². The van der Waals surface area contributed by atoms with Crippen LogP contribution in [0, 0.1) is 5.92 Å². The predicted octanol–water partition coefficient (Wildman–Crippen LogP) is 0.637. The number of carboxylic acid groups (broad SMARTS) is 2. The second kappa shape index (κ2) is 5.67. The molecule has 0 aromatic rings. The minimum absolute atomic E-state index is 0.269. The summed E-state index contributed by atoms with van der Waals surface area (Å²) in [7, 11) is 0. The Morgan fingerprint density at radius 3 is 2.11 bits per heavy atom. The number of hydrogen-bond donors (Lipinski definition) is 2. The highest BCUT2D eigenvalue weighted by molar-refractivity contribution is 5.73. The zero-order chi connectivity index (χ0) is 13.1. The van der Waals surface area contributed by atoms with Crippen molar-refractivity contribution in [2.75, 3.05) is 19.6 Å². The van der Waals surface area contributed by atoms with Crippen LogP contribution in [0.5, 0.6) is 0 Å². The van der Waals surface area contributed by atoms with Gasteiger partial charge in [-0.3, -0.25) is 9.59 Å². The molecule has 0 amide bonds. The first kappa shape index (κ1) is 13.3. The molecular formula is C12H20N2O4. The average molecular weight is 256 g/mol. The summed E-state index contributed by atoms with van der Waals surface area (Å²) < 4.78 is 0. The van der Waals surface area contributed by atoms with E-state index in [1.807, 2.05) is 10.0 Å². The first-order valence-corrected chi connectivity index (χ1v) is 6.56. The van der Waals surface area contributed by atoms with E-state index in [-0.39, 0.29) is 5.92 Å². The number of carboxylic acids is 2. The Morgan fingerprint density at radius 1 is 0.889 bits per heavy atom. The SMILES string of the molecule is O=C(O)C1CCN(N2CCCCC2C(=O)O)CC1. The van der Waals surface area contributed by atoms with Gasteiger partial charge in [0.05, 0.1) is 5.92 Å². The van der Waals surface area contributed by atoms with Gasteiger partial charge in [-0.25, -0.2) is 10.0 Å². The molecule has 0 saturated carbocycles. The number of nitrogens with zero attached hydrogens (tertiary/aromatic N) is 2. The van der Waals surface area contributed by atoms with Gasteiger partial charge in [0.2, 0.25) is 0 Å². The van der Waals surface area contributed by atoms with Gasteiger partial charge in [0, 0.05) is 19.6 Å². The second-order valence-corrected chi connectivity index (χ2v) is 5.08. The fraction of sp³-hybridized carbons (Fsp3) is 0.833. The molecule has 2 N–H and O–H groups in total. The molecule has 6 heteroatoms. The lowest BCUT2D eigenvalue weighted by molar-refractivity contribution is -0.163. The Morgan fingerprint density at radius 2 is 1.56 bits per heavy atom. The molecule has 2 rings (SSSR count). The van der Waals surface area contributed by atoms with Crippen LogP contribution >= 0.6 is 0 Å². The monoisotopic (exact) mass is 256 g/mol. The van der Waals surface area contributed by atoms with Crippen LogP contribution in [0.1, 0.15) is 32.1 Å². The lowest BCUT2D eigenvalue weighted by Crippen LogP contribution is -2.56. The van der Waals surface area contributed by atoms with Crippen molar-refractivity contribution in [2.24, 2.45) is 5.92 Å². The molecule has 0 radical (unpaired) electrons. The van der Waals surface area contributed by atoms with Gasteiger partial charge in [-0.05, 0) is 32.1 Å². The molecule has 6 nitrogen and oxygen atoms in total. The van der Waals surface area contributed by atoms with Crippen LogP contribution in [-0.4, -0.2) is 57.8 Å². The second-order valence-electron chi connectivity index (χ2n) is 5.08. The van der Waals surface area contributed by atoms with Crippen molar-refractivity contribution in [1.29, 1.82) is 0 Å². The van der Waals surface area contributed by atoms with Gasteiger partial charge in [0.1, 0.15) is 6.04 Å². The molecule has 0 spiro atoms.